The molecule has 0 atom stereocenters. The molecule has 0 amide bonds. The first-order chi connectivity index (χ1) is 5.45. The third-order valence-corrected chi connectivity index (χ3v) is 0.722. The standard InChI is InChI=1S/C8H14O4/c1-5-6-7(9)10-12-11-8(2,3)4/h5H,1,6H2,2-4H3. The minimum Gasteiger partial charge on any atom is -0.268 e. The van der Waals surface area contributed by atoms with E-state index in [9.17, 15) is 4.79 Å². The normalized spacial score (nSPS) is 10.9. The molecule has 0 saturated heterocycles. The van der Waals surface area contributed by atoms with Gasteiger partial charge in [0.25, 0.3) is 0 Å². The fraction of sp³-hybridized carbons (Fsp3) is 0.625. The van der Waals surface area contributed by atoms with Gasteiger partial charge in [-0.1, -0.05) is 6.08 Å². The van der Waals surface area contributed by atoms with Gasteiger partial charge in [-0.15, -0.1) is 6.58 Å². The first-order valence-electron chi connectivity index (χ1n) is 3.62. The maximum atomic E-state index is 10.6. The lowest BCUT2D eigenvalue weighted by atomic mass is 10.2. The van der Waals surface area contributed by atoms with Gasteiger partial charge in [0.2, 0.25) is 0 Å². The first kappa shape index (κ1) is 11.1. The van der Waals surface area contributed by atoms with E-state index in [0.717, 1.165) is 0 Å². The average Bonchev–Trinajstić information content (AvgIpc) is 1.84. The van der Waals surface area contributed by atoms with Crippen LogP contribution in [-0.2, 0) is 19.6 Å². The molecule has 0 aliphatic rings. The largest absolute Gasteiger partial charge is 0.349 e. The Hall–Kier alpha value is -0.870. The predicted octanol–water partition coefficient (Wildman–Crippen LogP) is 1.77. The van der Waals surface area contributed by atoms with Crippen LogP contribution in [0.25, 0.3) is 0 Å². The Bertz CT molecular complexity index is 157. The molecule has 70 valence electrons. The molecule has 0 saturated carbocycles. The van der Waals surface area contributed by atoms with Gasteiger partial charge in [-0.05, 0) is 25.8 Å². The number of carbonyl (C=O) groups is 1. The van der Waals surface area contributed by atoms with Crippen LogP contribution in [0, 0.1) is 0 Å². The number of hydrogen-bond acceptors (Lipinski definition) is 4. The summed E-state index contributed by atoms with van der Waals surface area (Å²) in [6.45, 7) is 8.68. The predicted molar refractivity (Wildman–Crippen MR) is 42.8 cm³/mol. The third kappa shape index (κ3) is 7.24. The molecule has 0 aromatic carbocycles. The van der Waals surface area contributed by atoms with E-state index in [1.54, 1.807) is 20.8 Å². The highest BCUT2D eigenvalue weighted by molar-refractivity contribution is 5.70. The molecular formula is C8H14O4. The van der Waals surface area contributed by atoms with Crippen molar-refractivity contribution in [2.75, 3.05) is 0 Å². The van der Waals surface area contributed by atoms with Crippen molar-refractivity contribution in [2.45, 2.75) is 32.8 Å². The van der Waals surface area contributed by atoms with Crippen LogP contribution in [0.4, 0.5) is 0 Å². The maximum absolute atomic E-state index is 10.6. The molecule has 0 aliphatic carbocycles. The Kier molecular flexibility index (Phi) is 4.54. The van der Waals surface area contributed by atoms with Crippen LogP contribution < -0.4 is 0 Å². The van der Waals surface area contributed by atoms with Crippen LogP contribution in [0.1, 0.15) is 27.2 Å². The van der Waals surface area contributed by atoms with Gasteiger partial charge in [0, 0.05) is 0 Å². The van der Waals surface area contributed by atoms with Gasteiger partial charge >= 0.3 is 5.97 Å². The minimum absolute atomic E-state index is 0.105. The fourth-order valence-electron chi connectivity index (χ4n) is 0.309. The van der Waals surface area contributed by atoms with Gasteiger partial charge in [0.05, 0.1) is 12.0 Å². The van der Waals surface area contributed by atoms with E-state index in [-0.39, 0.29) is 6.42 Å². The summed E-state index contributed by atoms with van der Waals surface area (Å²) in [4.78, 5) is 19.5. The summed E-state index contributed by atoms with van der Waals surface area (Å²) in [7, 11) is 0. The zero-order chi connectivity index (χ0) is 9.61. The van der Waals surface area contributed by atoms with Gasteiger partial charge < -0.3 is 0 Å². The van der Waals surface area contributed by atoms with Crippen molar-refractivity contribution in [3.05, 3.63) is 12.7 Å². The smallest absolute Gasteiger partial charge is 0.268 e. The van der Waals surface area contributed by atoms with Crippen molar-refractivity contribution in [2.24, 2.45) is 0 Å². The molecule has 0 aromatic rings. The molecule has 0 N–H and O–H groups in total. The van der Waals surface area contributed by atoms with Crippen LogP contribution in [0.15, 0.2) is 12.7 Å². The molecule has 4 nitrogen and oxygen atoms in total. The van der Waals surface area contributed by atoms with Gasteiger partial charge in [-0.25, -0.2) is 4.79 Å². The van der Waals surface area contributed by atoms with E-state index in [1.165, 1.54) is 6.08 Å². The Labute approximate surface area is 72.0 Å². The second-order valence-corrected chi connectivity index (χ2v) is 3.21. The molecule has 0 spiro atoms. The zero-order valence-corrected chi connectivity index (χ0v) is 7.62. The third-order valence-electron chi connectivity index (χ3n) is 0.722. The van der Waals surface area contributed by atoms with Gasteiger partial charge in [-0.3, -0.25) is 4.89 Å². The first-order valence-corrected chi connectivity index (χ1v) is 3.62. The summed E-state index contributed by atoms with van der Waals surface area (Å²) in [5.74, 6) is -0.533. The monoisotopic (exact) mass is 174 g/mol. The molecule has 0 rings (SSSR count). The molecular weight excluding hydrogens is 160 g/mol. The van der Waals surface area contributed by atoms with Crippen molar-refractivity contribution in [1.29, 1.82) is 0 Å². The zero-order valence-electron chi connectivity index (χ0n) is 7.62. The van der Waals surface area contributed by atoms with E-state index in [2.05, 4.69) is 21.4 Å². The molecule has 0 radical (unpaired) electrons. The number of carbonyl (C=O) groups excluding carboxylic acids is 1. The summed E-state index contributed by atoms with van der Waals surface area (Å²) in [6, 6.07) is 0. The average molecular weight is 174 g/mol. The summed E-state index contributed by atoms with van der Waals surface area (Å²) < 4.78 is 0. The Morgan fingerprint density at radius 3 is 2.50 bits per heavy atom. The second kappa shape index (κ2) is 4.90. The molecule has 0 bridgehead atoms. The Morgan fingerprint density at radius 1 is 1.50 bits per heavy atom. The van der Waals surface area contributed by atoms with Crippen molar-refractivity contribution in [3.63, 3.8) is 0 Å². The van der Waals surface area contributed by atoms with Crippen molar-refractivity contribution >= 4 is 5.97 Å². The Balaban J connectivity index is 3.43. The molecule has 4 heteroatoms. The minimum atomic E-state index is -0.533. The summed E-state index contributed by atoms with van der Waals surface area (Å²) in [5.41, 5.74) is -0.492. The van der Waals surface area contributed by atoms with Crippen LogP contribution in [0.3, 0.4) is 0 Å². The molecule has 0 unspecified atom stereocenters. The van der Waals surface area contributed by atoms with Crippen LogP contribution >= 0.6 is 0 Å². The van der Waals surface area contributed by atoms with E-state index >= 15 is 0 Å². The van der Waals surface area contributed by atoms with E-state index in [0.29, 0.717) is 0 Å². The lowest BCUT2D eigenvalue weighted by Crippen LogP contribution is -2.20. The summed E-state index contributed by atoms with van der Waals surface area (Å²) >= 11 is 0. The molecule has 0 aromatic heterocycles. The SMILES string of the molecule is C=CCC(=O)OOOC(C)(C)C. The maximum Gasteiger partial charge on any atom is 0.349 e. The number of rotatable bonds is 4. The highest BCUT2D eigenvalue weighted by Crippen LogP contribution is 2.07. The van der Waals surface area contributed by atoms with Gasteiger partial charge in [-0.2, -0.15) is 4.89 Å². The molecule has 0 fully saturated rings. The van der Waals surface area contributed by atoms with Crippen molar-refractivity contribution < 1.29 is 19.6 Å². The van der Waals surface area contributed by atoms with Crippen LogP contribution in [0.2, 0.25) is 0 Å². The van der Waals surface area contributed by atoms with Crippen LogP contribution in [-0.4, -0.2) is 11.6 Å². The fourth-order valence-corrected chi connectivity index (χ4v) is 0.309. The van der Waals surface area contributed by atoms with Gasteiger partial charge in [0.1, 0.15) is 0 Å². The summed E-state index contributed by atoms with van der Waals surface area (Å²) in [6.07, 6.45) is 1.52. The Morgan fingerprint density at radius 2 is 2.08 bits per heavy atom. The topological polar surface area (TPSA) is 44.8 Å². The van der Waals surface area contributed by atoms with Crippen LogP contribution in [0.5, 0.6) is 0 Å². The van der Waals surface area contributed by atoms with E-state index in [1.807, 2.05) is 0 Å². The van der Waals surface area contributed by atoms with E-state index in [4.69, 9.17) is 0 Å². The number of hydrogen-bond donors (Lipinski definition) is 0. The molecule has 0 aliphatic heterocycles. The van der Waals surface area contributed by atoms with Crippen molar-refractivity contribution in [1.82, 2.24) is 0 Å². The highest BCUT2D eigenvalue weighted by atomic mass is 17.5. The second-order valence-electron chi connectivity index (χ2n) is 3.21. The quantitative estimate of drug-likeness (QED) is 0.370. The molecule has 0 heterocycles. The van der Waals surface area contributed by atoms with E-state index < -0.39 is 11.6 Å². The van der Waals surface area contributed by atoms with Gasteiger partial charge in [0.15, 0.2) is 0 Å². The lowest BCUT2D eigenvalue weighted by Gasteiger charge is -2.14. The lowest BCUT2D eigenvalue weighted by molar-refractivity contribution is -0.514. The summed E-state index contributed by atoms with van der Waals surface area (Å²) in [5, 5.41) is 4.22. The van der Waals surface area contributed by atoms with Crippen molar-refractivity contribution in [3.8, 4) is 0 Å². The highest BCUT2D eigenvalue weighted by Gasteiger charge is 2.13. The molecule has 12 heavy (non-hydrogen) atoms.